The van der Waals surface area contributed by atoms with Crippen LogP contribution >= 0.6 is 0 Å². The van der Waals surface area contributed by atoms with E-state index in [4.69, 9.17) is 0 Å². The predicted molar refractivity (Wildman–Crippen MR) is 38.9 cm³/mol. The van der Waals surface area contributed by atoms with Gasteiger partial charge in [-0.05, 0) is 19.3 Å². The average Bonchev–Trinajstić information content (AvgIpc) is 2.52. The van der Waals surface area contributed by atoms with Gasteiger partial charge in [-0.1, -0.05) is 32.4 Å². The highest BCUT2D eigenvalue weighted by molar-refractivity contribution is 5.20. The maximum Gasteiger partial charge on any atom is -0.0194 e. The largest absolute Gasteiger partial charge is 0.0882 e. The molecular weight excluding hydrogens is 96.1 g/mol. The van der Waals surface area contributed by atoms with Gasteiger partial charge in [0.15, 0.2) is 0 Å². The fourth-order valence-corrected chi connectivity index (χ4v) is 0.697. The highest BCUT2D eigenvalue weighted by Crippen LogP contribution is 2.35. The fraction of sp³-hybridized carbons (Fsp3) is 0.750. The van der Waals surface area contributed by atoms with Crippen molar-refractivity contribution in [2.45, 2.75) is 34.1 Å². The molecule has 0 aromatic rings. The minimum atomic E-state index is 0.926. The van der Waals surface area contributed by atoms with Crippen molar-refractivity contribution in [2.75, 3.05) is 0 Å². The predicted octanol–water partition coefficient (Wildman–Crippen LogP) is 3.00. The van der Waals surface area contributed by atoms with Crippen LogP contribution in [0.4, 0.5) is 0 Å². The van der Waals surface area contributed by atoms with Crippen molar-refractivity contribution in [1.82, 2.24) is 0 Å². The monoisotopic (exact) mass is 112 g/mol. The van der Waals surface area contributed by atoms with Crippen molar-refractivity contribution in [3.8, 4) is 0 Å². The maximum atomic E-state index is 2.26. The number of hydrogen-bond donors (Lipinski definition) is 0. The molecule has 48 valence electrons. The van der Waals surface area contributed by atoms with E-state index in [1.807, 2.05) is 13.8 Å². The summed E-state index contributed by atoms with van der Waals surface area (Å²) >= 11 is 0. The lowest BCUT2D eigenvalue weighted by atomic mass is 10.4. The van der Waals surface area contributed by atoms with E-state index in [1.165, 1.54) is 6.42 Å². The summed E-state index contributed by atoms with van der Waals surface area (Å²) in [5.41, 5.74) is 1.63. The van der Waals surface area contributed by atoms with Crippen LogP contribution in [0.5, 0.6) is 0 Å². The van der Waals surface area contributed by atoms with Crippen LogP contribution in [0.2, 0.25) is 0 Å². The van der Waals surface area contributed by atoms with Gasteiger partial charge in [0, 0.05) is 0 Å². The molecule has 0 radical (unpaired) electrons. The molecule has 0 aromatic heterocycles. The molecule has 0 N–H and O–H groups in total. The average molecular weight is 112 g/mol. The first-order valence-corrected chi connectivity index (χ1v) is 3.49. The summed E-state index contributed by atoms with van der Waals surface area (Å²) < 4.78 is 0. The minimum Gasteiger partial charge on any atom is -0.0882 e. The van der Waals surface area contributed by atoms with Crippen LogP contribution in [0.15, 0.2) is 11.6 Å². The molecule has 1 fully saturated rings. The smallest absolute Gasteiger partial charge is 0.0194 e. The molecule has 1 aliphatic rings. The quantitative estimate of drug-likeness (QED) is 0.422. The van der Waals surface area contributed by atoms with Gasteiger partial charge in [0.05, 0.1) is 0 Å². The van der Waals surface area contributed by atoms with Gasteiger partial charge >= 0.3 is 0 Å². The highest BCUT2D eigenvalue weighted by atomic mass is 14.3. The summed E-state index contributed by atoms with van der Waals surface area (Å²) in [7, 11) is 0. The second kappa shape index (κ2) is 3.71. The Hall–Kier alpha value is -0.260. The van der Waals surface area contributed by atoms with Gasteiger partial charge in [-0.2, -0.15) is 0 Å². The summed E-state index contributed by atoms with van der Waals surface area (Å²) in [6.07, 6.45) is 3.57. The third-order valence-corrected chi connectivity index (χ3v) is 1.39. The zero-order chi connectivity index (χ0) is 6.57. The molecular formula is C8H16. The lowest BCUT2D eigenvalue weighted by Gasteiger charge is -1.63. The van der Waals surface area contributed by atoms with Gasteiger partial charge in [0.25, 0.3) is 0 Å². The first kappa shape index (κ1) is 7.74. The minimum absolute atomic E-state index is 0.926. The normalized spacial score (nSPS) is 29.0. The topological polar surface area (TPSA) is 0 Å². The molecule has 0 nitrogen and oxygen atoms in total. The van der Waals surface area contributed by atoms with E-state index in [0.29, 0.717) is 0 Å². The summed E-state index contributed by atoms with van der Waals surface area (Å²) in [5.74, 6) is 0.926. The Kier molecular flexibility index (Phi) is 3.59. The van der Waals surface area contributed by atoms with Crippen LogP contribution in [0.3, 0.4) is 0 Å². The molecule has 0 heteroatoms. The molecule has 0 amide bonds. The molecule has 8 heavy (non-hydrogen) atoms. The molecule has 0 heterocycles. The van der Waals surface area contributed by atoms with E-state index in [-0.39, 0.29) is 0 Å². The molecule has 0 saturated heterocycles. The number of allylic oxidation sites excluding steroid dienone is 2. The Morgan fingerprint density at radius 1 is 1.50 bits per heavy atom. The van der Waals surface area contributed by atoms with Crippen LogP contribution in [0, 0.1) is 5.92 Å². The zero-order valence-corrected chi connectivity index (χ0v) is 6.36. The standard InChI is InChI=1S/C6H10.C2H6/c1-3-6-4-5(6)2;1-2/h3,5H,4H2,1-2H3;1-2H3/b6-3-;. The van der Waals surface area contributed by atoms with Crippen molar-refractivity contribution in [1.29, 1.82) is 0 Å². The molecule has 1 unspecified atom stereocenters. The van der Waals surface area contributed by atoms with Crippen molar-refractivity contribution in [2.24, 2.45) is 5.92 Å². The van der Waals surface area contributed by atoms with Crippen LogP contribution in [-0.2, 0) is 0 Å². The summed E-state index contributed by atoms with van der Waals surface area (Å²) in [6, 6.07) is 0. The second-order valence-corrected chi connectivity index (χ2v) is 1.97. The second-order valence-electron chi connectivity index (χ2n) is 1.97. The van der Waals surface area contributed by atoms with E-state index in [1.54, 1.807) is 5.57 Å². The SMILES string of the molecule is C/C=C1/CC1C.CC. The lowest BCUT2D eigenvalue weighted by molar-refractivity contribution is 1.02. The molecule has 1 aliphatic carbocycles. The Morgan fingerprint density at radius 3 is 1.88 bits per heavy atom. The molecule has 0 aromatic carbocycles. The van der Waals surface area contributed by atoms with Gasteiger partial charge in [-0.3, -0.25) is 0 Å². The molecule has 1 saturated carbocycles. The number of hydrogen-bond acceptors (Lipinski definition) is 0. The van der Waals surface area contributed by atoms with Gasteiger partial charge in [0.1, 0.15) is 0 Å². The van der Waals surface area contributed by atoms with Crippen LogP contribution in [0.1, 0.15) is 34.1 Å². The summed E-state index contributed by atoms with van der Waals surface area (Å²) in [5, 5.41) is 0. The molecule has 0 aliphatic heterocycles. The molecule has 1 rings (SSSR count). The highest BCUT2D eigenvalue weighted by Gasteiger charge is 2.21. The van der Waals surface area contributed by atoms with Gasteiger partial charge in [0.2, 0.25) is 0 Å². The zero-order valence-electron chi connectivity index (χ0n) is 6.36. The van der Waals surface area contributed by atoms with Crippen molar-refractivity contribution in [3.05, 3.63) is 11.6 Å². The van der Waals surface area contributed by atoms with E-state index in [9.17, 15) is 0 Å². The fourth-order valence-electron chi connectivity index (χ4n) is 0.697. The molecule has 0 bridgehead atoms. The maximum absolute atomic E-state index is 2.26. The molecule has 1 atom stereocenters. The Bertz CT molecular complexity index is 80.0. The van der Waals surface area contributed by atoms with E-state index < -0.39 is 0 Å². The first-order chi connectivity index (χ1) is 3.84. The van der Waals surface area contributed by atoms with Crippen LogP contribution < -0.4 is 0 Å². The Balaban J connectivity index is 0.000000222. The molecule has 0 spiro atoms. The van der Waals surface area contributed by atoms with Crippen molar-refractivity contribution in [3.63, 3.8) is 0 Å². The summed E-state index contributed by atoms with van der Waals surface area (Å²) in [6.45, 7) is 8.37. The van der Waals surface area contributed by atoms with E-state index in [0.717, 1.165) is 5.92 Å². The van der Waals surface area contributed by atoms with Crippen LogP contribution in [-0.4, -0.2) is 0 Å². The first-order valence-electron chi connectivity index (χ1n) is 3.49. The van der Waals surface area contributed by atoms with E-state index >= 15 is 0 Å². The van der Waals surface area contributed by atoms with Gasteiger partial charge in [-0.15, -0.1) is 0 Å². The van der Waals surface area contributed by atoms with Crippen LogP contribution in [0.25, 0.3) is 0 Å². The Labute approximate surface area is 52.6 Å². The van der Waals surface area contributed by atoms with Crippen molar-refractivity contribution < 1.29 is 0 Å². The number of rotatable bonds is 0. The lowest BCUT2D eigenvalue weighted by Crippen LogP contribution is -1.49. The van der Waals surface area contributed by atoms with Gasteiger partial charge in [-0.25, -0.2) is 0 Å². The Morgan fingerprint density at radius 2 is 1.88 bits per heavy atom. The third kappa shape index (κ3) is 2.15. The van der Waals surface area contributed by atoms with Crippen molar-refractivity contribution >= 4 is 0 Å². The van der Waals surface area contributed by atoms with Gasteiger partial charge < -0.3 is 0 Å². The summed E-state index contributed by atoms with van der Waals surface area (Å²) in [4.78, 5) is 0. The van der Waals surface area contributed by atoms with E-state index in [2.05, 4.69) is 19.9 Å². The third-order valence-electron chi connectivity index (χ3n) is 1.39.